The third-order valence-corrected chi connectivity index (χ3v) is 2.52. The molecule has 0 radical (unpaired) electrons. The molecule has 0 saturated carbocycles. The molecule has 2 aliphatic rings. The van der Waals surface area contributed by atoms with E-state index in [9.17, 15) is 9.59 Å². The van der Waals surface area contributed by atoms with E-state index >= 15 is 0 Å². The molecule has 14 heavy (non-hydrogen) atoms. The Hall–Kier alpha value is -1.64. The summed E-state index contributed by atoms with van der Waals surface area (Å²) in [6.07, 6.45) is 8.54. The van der Waals surface area contributed by atoms with Crippen LogP contribution in [-0.2, 0) is 9.59 Å². The van der Waals surface area contributed by atoms with Gasteiger partial charge in [-0.2, -0.15) is 0 Å². The average Bonchev–Trinajstić information content (AvgIpc) is 2.18. The van der Waals surface area contributed by atoms with E-state index in [1.165, 1.54) is 6.08 Å². The van der Waals surface area contributed by atoms with Crippen LogP contribution in [0.5, 0.6) is 0 Å². The van der Waals surface area contributed by atoms with E-state index in [4.69, 9.17) is 0 Å². The Kier molecular flexibility index (Phi) is 2.08. The third kappa shape index (κ3) is 1.31. The van der Waals surface area contributed by atoms with Crippen molar-refractivity contribution < 1.29 is 9.59 Å². The lowest BCUT2D eigenvalue weighted by molar-refractivity contribution is -0.119. The highest BCUT2D eigenvalue weighted by atomic mass is 16.1. The summed E-state index contributed by atoms with van der Waals surface area (Å²) in [6, 6.07) is -0.334. The molecule has 1 aliphatic heterocycles. The minimum atomic E-state index is -0.334. The first kappa shape index (κ1) is 8.94. The number of dihydropyridines is 1. The number of fused-ring (bicyclic) bond motifs is 1. The van der Waals surface area contributed by atoms with Crippen molar-refractivity contribution in [2.45, 2.75) is 13.0 Å². The highest BCUT2D eigenvalue weighted by molar-refractivity contribution is 6.01. The van der Waals surface area contributed by atoms with Gasteiger partial charge in [-0.1, -0.05) is 12.2 Å². The van der Waals surface area contributed by atoms with Crippen LogP contribution in [0.3, 0.4) is 0 Å². The van der Waals surface area contributed by atoms with Crippen LogP contribution in [0, 0.1) is 5.92 Å². The highest BCUT2D eigenvalue weighted by Crippen LogP contribution is 2.25. The van der Waals surface area contributed by atoms with Gasteiger partial charge in [-0.3, -0.25) is 9.59 Å². The molecule has 2 unspecified atom stereocenters. The van der Waals surface area contributed by atoms with Gasteiger partial charge in [-0.15, -0.1) is 0 Å². The molecule has 0 fully saturated rings. The van der Waals surface area contributed by atoms with Crippen molar-refractivity contribution >= 4 is 11.6 Å². The Bertz CT molecular complexity index is 377. The van der Waals surface area contributed by atoms with Crippen molar-refractivity contribution in [3.63, 3.8) is 0 Å². The number of carbonyl (C=O) groups is 2. The van der Waals surface area contributed by atoms with Crippen LogP contribution >= 0.6 is 0 Å². The van der Waals surface area contributed by atoms with Gasteiger partial charge in [0.1, 0.15) is 11.8 Å². The molecule has 3 heteroatoms. The number of hydrogen-bond donors (Lipinski definition) is 1. The topological polar surface area (TPSA) is 46.2 Å². The first-order chi connectivity index (χ1) is 6.70. The van der Waals surface area contributed by atoms with Crippen molar-refractivity contribution in [2.24, 2.45) is 5.92 Å². The number of rotatable bonds is 1. The summed E-state index contributed by atoms with van der Waals surface area (Å²) in [7, 11) is 0. The fourth-order valence-electron chi connectivity index (χ4n) is 1.80. The zero-order chi connectivity index (χ0) is 10.1. The molecular formula is C11H11NO2. The molecule has 0 aromatic carbocycles. The molecule has 2 rings (SSSR count). The smallest absolute Gasteiger partial charge is 0.181 e. The van der Waals surface area contributed by atoms with Gasteiger partial charge < -0.3 is 5.32 Å². The van der Waals surface area contributed by atoms with E-state index in [1.807, 2.05) is 12.2 Å². The first-order valence-electron chi connectivity index (χ1n) is 4.55. The average molecular weight is 189 g/mol. The van der Waals surface area contributed by atoms with Crippen LogP contribution in [0.4, 0.5) is 0 Å². The quantitative estimate of drug-likeness (QED) is 0.661. The maximum absolute atomic E-state index is 11.5. The lowest BCUT2D eigenvalue weighted by Crippen LogP contribution is -2.41. The monoisotopic (exact) mass is 189 g/mol. The Morgan fingerprint density at radius 1 is 1.50 bits per heavy atom. The zero-order valence-corrected chi connectivity index (χ0v) is 7.86. The summed E-state index contributed by atoms with van der Waals surface area (Å²) in [5.74, 6) is -0.157. The number of allylic oxidation sites excluding steroid dienone is 3. The summed E-state index contributed by atoms with van der Waals surface area (Å²) in [6.45, 7) is 1.54. The number of nitrogens with one attached hydrogen (secondary N) is 1. The van der Waals surface area contributed by atoms with Crippen molar-refractivity contribution in [3.8, 4) is 0 Å². The molecule has 0 aromatic heterocycles. The van der Waals surface area contributed by atoms with Crippen LogP contribution in [0.1, 0.15) is 6.92 Å². The van der Waals surface area contributed by atoms with Gasteiger partial charge in [0.25, 0.3) is 0 Å². The molecule has 72 valence electrons. The Morgan fingerprint density at radius 2 is 2.29 bits per heavy atom. The van der Waals surface area contributed by atoms with E-state index in [2.05, 4.69) is 5.32 Å². The van der Waals surface area contributed by atoms with Crippen LogP contribution in [-0.4, -0.2) is 17.6 Å². The zero-order valence-electron chi connectivity index (χ0n) is 7.86. The summed E-state index contributed by atoms with van der Waals surface area (Å²) >= 11 is 0. The first-order valence-corrected chi connectivity index (χ1v) is 4.55. The lowest BCUT2D eigenvalue weighted by Gasteiger charge is -2.28. The van der Waals surface area contributed by atoms with Crippen molar-refractivity contribution in [1.82, 2.24) is 5.32 Å². The number of ketones is 2. The van der Waals surface area contributed by atoms with Crippen LogP contribution in [0.2, 0.25) is 0 Å². The molecular weight excluding hydrogens is 178 g/mol. The fraction of sp³-hybridized carbons (Fsp3) is 0.273. The van der Waals surface area contributed by atoms with E-state index in [0.29, 0.717) is 0 Å². The Morgan fingerprint density at radius 3 is 3.00 bits per heavy atom. The largest absolute Gasteiger partial charge is 0.378 e. The second kappa shape index (κ2) is 3.25. The van der Waals surface area contributed by atoms with Gasteiger partial charge in [0.2, 0.25) is 0 Å². The van der Waals surface area contributed by atoms with Crippen molar-refractivity contribution in [1.29, 1.82) is 0 Å². The summed E-state index contributed by atoms with van der Waals surface area (Å²) in [5.41, 5.74) is 0.854. The van der Waals surface area contributed by atoms with Gasteiger partial charge >= 0.3 is 0 Å². The standard InChI is InChI=1S/C11H11NO2/c1-7(13)8-4-5-10(14)11-9(8)3-2-6-12-11/h2-6,8,11-12H,1H3. The second-order valence-corrected chi connectivity index (χ2v) is 3.48. The molecule has 0 amide bonds. The Labute approximate surface area is 82.2 Å². The minimum absolute atomic E-state index is 0.0121. The van der Waals surface area contributed by atoms with Gasteiger partial charge in [-0.25, -0.2) is 0 Å². The molecule has 1 aliphatic carbocycles. The number of carbonyl (C=O) groups excluding carboxylic acids is 2. The van der Waals surface area contributed by atoms with Gasteiger partial charge in [0, 0.05) is 0 Å². The van der Waals surface area contributed by atoms with Crippen LogP contribution in [0.25, 0.3) is 0 Å². The predicted molar refractivity (Wildman–Crippen MR) is 52.5 cm³/mol. The second-order valence-electron chi connectivity index (χ2n) is 3.48. The van der Waals surface area contributed by atoms with E-state index < -0.39 is 0 Å². The van der Waals surface area contributed by atoms with Crippen molar-refractivity contribution in [3.05, 3.63) is 36.1 Å². The molecule has 3 nitrogen and oxygen atoms in total. The molecule has 0 saturated heterocycles. The lowest BCUT2D eigenvalue weighted by atomic mass is 9.82. The summed E-state index contributed by atoms with van der Waals surface area (Å²) < 4.78 is 0. The minimum Gasteiger partial charge on any atom is -0.378 e. The Balaban J connectivity index is 2.42. The van der Waals surface area contributed by atoms with Gasteiger partial charge in [-0.05, 0) is 30.8 Å². The maximum Gasteiger partial charge on any atom is 0.181 e. The molecule has 0 bridgehead atoms. The van der Waals surface area contributed by atoms with E-state index in [1.54, 1.807) is 19.2 Å². The molecule has 2 atom stereocenters. The number of Topliss-reactive ketones (excluding diaryl/α,β-unsaturated/α-hetero) is 1. The molecule has 1 N–H and O–H groups in total. The van der Waals surface area contributed by atoms with Crippen LogP contribution in [0.15, 0.2) is 36.1 Å². The maximum atomic E-state index is 11.5. The fourth-order valence-corrected chi connectivity index (χ4v) is 1.80. The van der Waals surface area contributed by atoms with Gasteiger partial charge in [0.15, 0.2) is 5.78 Å². The van der Waals surface area contributed by atoms with Crippen molar-refractivity contribution in [2.75, 3.05) is 0 Å². The highest BCUT2D eigenvalue weighted by Gasteiger charge is 2.31. The number of hydrogen-bond acceptors (Lipinski definition) is 3. The molecule has 0 spiro atoms. The van der Waals surface area contributed by atoms with E-state index in [0.717, 1.165) is 5.57 Å². The molecule has 0 aromatic rings. The molecule has 1 heterocycles. The summed E-state index contributed by atoms with van der Waals surface area (Å²) in [5, 5.41) is 2.95. The third-order valence-electron chi connectivity index (χ3n) is 2.52. The SMILES string of the molecule is CC(=O)C1C=CC(=O)C2NC=CC=C12. The summed E-state index contributed by atoms with van der Waals surface area (Å²) in [4.78, 5) is 22.8. The predicted octanol–water partition coefficient (Wildman–Crippen LogP) is 0.742. The van der Waals surface area contributed by atoms with E-state index in [-0.39, 0.29) is 23.5 Å². The van der Waals surface area contributed by atoms with Gasteiger partial charge in [0.05, 0.1) is 5.92 Å². The normalized spacial score (nSPS) is 29.2. The van der Waals surface area contributed by atoms with Crippen LogP contribution < -0.4 is 5.32 Å².